The Kier molecular flexibility index (Phi) is 6.68. The Hall–Kier alpha value is -0.0500. The van der Waals surface area contributed by atoms with Gasteiger partial charge >= 0.3 is 0 Å². The van der Waals surface area contributed by atoms with Gasteiger partial charge in [0.2, 0.25) is 0 Å². The summed E-state index contributed by atoms with van der Waals surface area (Å²) < 4.78 is 5.23. The molecule has 0 amide bonds. The summed E-state index contributed by atoms with van der Waals surface area (Å²) in [6, 6.07) is 8.17. The molecule has 0 unspecified atom stereocenters. The van der Waals surface area contributed by atoms with E-state index in [0.29, 0.717) is 17.7 Å². The first-order chi connectivity index (χ1) is 8.53. The topological polar surface area (TPSA) is 9.23 Å². The predicted molar refractivity (Wildman–Crippen MR) is 83.3 cm³/mol. The molecule has 0 atom stereocenters. The molecule has 0 bridgehead atoms. The SMILES string of the molecule is COc1ccc(CSC(C)(C)C(CCl)CCl)cc1. The van der Waals surface area contributed by atoms with Crippen LogP contribution in [-0.2, 0) is 5.75 Å². The molecule has 1 rings (SSSR count). The minimum absolute atomic E-state index is 0.0867. The first kappa shape index (κ1) is 16.0. The average Bonchev–Trinajstić information content (AvgIpc) is 2.38. The van der Waals surface area contributed by atoms with Gasteiger partial charge in [-0.2, -0.15) is 11.8 Å². The van der Waals surface area contributed by atoms with Gasteiger partial charge in [-0.1, -0.05) is 26.0 Å². The van der Waals surface area contributed by atoms with Crippen molar-refractivity contribution in [1.29, 1.82) is 0 Å². The van der Waals surface area contributed by atoms with Crippen molar-refractivity contribution in [3.63, 3.8) is 0 Å². The Morgan fingerprint density at radius 2 is 1.72 bits per heavy atom. The summed E-state index contributed by atoms with van der Waals surface area (Å²) in [7, 11) is 1.68. The summed E-state index contributed by atoms with van der Waals surface area (Å²) in [5.74, 6) is 3.38. The highest BCUT2D eigenvalue weighted by molar-refractivity contribution is 7.99. The molecular weight excluding hydrogens is 287 g/mol. The summed E-state index contributed by atoms with van der Waals surface area (Å²) >= 11 is 13.8. The lowest BCUT2D eigenvalue weighted by molar-refractivity contribution is 0.414. The molecule has 0 aliphatic carbocycles. The molecule has 0 N–H and O–H groups in total. The number of ether oxygens (including phenoxy) is 1. The van der Waals surface area contributed by atoms with Crippen molar-refractivity contribution >= 4 is 35.0 Å². The van der Waals surface area contributed by atoms with Gasteiger partial charge < -0.3 is 4.74 Å². The number of benzene rings is 1. The van der Waals surface area contributed by atoms with E-state index in [4.69, 9.17) is 27.9 Å². The zero-order chi connectivity index (χ0) is 13.6. The second kappa shape index (κ2) is 7.52. The van der Waals surface area contributed by atoms with E-state index in [1.54, 1.807) is 7.11 Å². The van der Waals surface area contributed by atoms with Crippen LogP contribution in [0, 0.1) is 5.92 Å². The van der Waals surface area contributed by atoms with Crippen molar-refractivity contribution in [1.82, 2.24) is 0 Å². The van der Waals surface area contributed by atoms with E-state index < -0.39 is 0 Å². The number of alkyl halides is 2. The van der Waals surface area contributed by atoms with E-state index in [0.717, 1.165) is 11.5 Å². The van der Waals surface area contributed by atoms with Crippen LogP contribution >= 0.6 is 35.0 Å². The van der Waals surface area contributed by atoms with Gasteiger partial charge in [-0.3, -0.25) is 0 Å². The monoisotopic (exact) mass is 306 g/mol. The molecule has 0 fully saturated rings. The van der Waals surface area contributed by atoms with E-state index >= 15 is 0 Å². The first-order valence-corrected chi connectivity index (χ1v) is 7.97. The van der Waals surface area contributed by atoms with Crippen LogP contribution in [-0.4, -0.2) is 23.6 Å². The Morgan fingerprint density at radius 3 is 2.17 bits per heavy atom. The van der Waals surface area contributed by atoms with E-state index in [9.17, 15) is 0 Å². The van der Waals surface area contributed by atoms with Crippen LogP contribution in [0.2, 0.25) is 0 Å². The molecule has 0 aliphatic rings. The normalized spacial score (nSPS) is 11.9. The van der Waals surface area contributed by atoms with Crippen molar-refractivity contribution in [2.45, 2.75) is 24.3 Å². The molecule has 0 radical (unpaired) electrons. The highest BCUT2D eigenvalue weighted by Gasteiger charge is 2.28. The van der Waals surface area contributed by atoms with Crippen molar-refractivity contribution in [3.8, 4) is 5.75 Å². The molecule has 0 heterocycles. The molecule has 1 aromatic carbocycles. The van der Waals surface area contributed by atoms with E-state index in [1.165, 1.54) is 5.56 Å². The number of methoxy groups -OCH3 is 1. The van der Waals surface area contributed by atoms with Crippen molar-refractivity contribution < 1.29 is 4.74 Å². The Labute approximate surface area is 124 Å². The predicted octanol–water partition coefficient (Wildman–Crippen LogP) is 4.80. The van der Waals surface area contributed by atoms with Gasteiger partial charge in [0.25, 0.3) is 0 Å². The maximum absolute atomic E-state index is 5.96. The second-order valence-electron chi connectivity index (χ2n) is 4.75. The van der Waals surface area contributed by atoms with Crippen LogP contribution in [0.5, 0.6) is 5.75 Å². The van der Waals surface area contributed by atoms with E-state index in [2.05, 4.69) is 26.0 Å². The summed E-state index contributed by atoms with van der Waals surface area (Å²) in [5.41, 5.74) is 1.29. The lowest BCUT2D eigenvalue weighted by Gasteiger charge is -2.31. The third-order valence-electron chi connectivity index (χ3n) is 3.13. The first-order valence-electron chi connectivity index (χ1n) is 5.92. The van der Waals surface area contributed by atoms with Crippen LogP contribution in [0.15, 0.2) is 24.3 Å². The van der Waals surface area contributed by atoms with Gasteiger partial charge in [-0.05, 0) is 17.7 Å². The third kappa shape index (κ3) is 4.56. The molecule has 1 nitrogen and oxygen atoms in total. The molecule has 0 aliphatic heterocycles. The molecule has 1 aromatic rings. The number of thioether (sulfide) groups is 1. The molecule has 0 saturated heterocycles. The maximum atomic E-state index is 5.96. The standard InChI is InChI=1S/C14H20Cl2OS/c1-14(2,12(8-15)9-16)18-10-11-4-6-13(17-3)7-5-11/h4-7,12H,8-10H2,1-3H3. The lowest BCUT2D eigenvalue weighted by atomic mass is 9.99. The zero-order valence-corrected chi connectivity index (χ0v) is 13.4. The molecular formula is C14H20Cl2OS. The van der Waals surface area contributed by atoms with E-state index in [-0.39, 0.29) is 4.75 Å². The average molecular weight is 307 g/mol. The minimum atomic E-state index is 0.0867. The summed E-state index contributed by atoms with van der Waals surface area (Å²) in [6.45, 7) is 4.41. The number of hydrogen-bond donors (Lipinski definition) is 0. The molecule has 102 valence electrons. The van der Waals surface area contributed by atoms with Gasteiger partial charge in [0.1, 0.15) is 5.75 Å². The van der Waals surface area contributed by atoms with Crippen LogP contribution < -0.4 is 4.74 Å². The highest BCUT2D eigenvalue weighted by Crippen LogP contribution is 2.36. The van der Waals surface area contributed by atoms with Gasteiger partial charge in [0.05, 0.1) is 7.11 Å². The highest BCUT2D eigenvalue weighted by atomic mass is 35.5. The number of halogens is 2. The summed E-state index contributed by atoms with van der Waals surface area (Å²) in [5, 5.41) is 0. The van der Waals surface area contributed by atoms with E-state index in [1.807, 2.05) is 23.9 Å². The Bertz CT molecular complexity index is 347. The van der Waals surface area contributed by atoms with Crippen molar-refractivity contribution in [2.24, 2.45) is 5.92 Å². The summed E-state index contributed by atoms with van der Waals surface area (Å²) in [4.78, 5) is 0. The fourth-order valence-electron chi connectivity index (χ4n) is 1.52. The minimum Gasteiger partial charge on any atom is -0.497 e. The van der Waals surface area contributed by atoms with Gasteiger partial charge in [0.15, 0.2) is 0 Å². The number of hydrogen-bond acceptors (Lipinski definition) is 2. The molecule has 0 saturated carbocycles. The van der Waals surface area contributed by atoms with Gasteiger partial charge in [0, 0.05) is 28.2 Å². The number of rotatable bonds is 7. The molecule has 0 spiro atoms. The van der Waals surface area contributed by atoms with Gasteiger partial charge in [-0.15, -0.1) is 23.2 Å². The molecule has 0 aromatic heterocycles. The Balaban J connectivity index is 2.57. The molecule has 18 heavy (non-hydrogen) atoms. The van der Waals surface area contributed by atoms with Crippen LogP contribution in [0.4, 0.5) is 0 Å². The smallest absolute Gasteiger partial charge is 0.118 e. The lowest BCUT2D eigenvalue weighted by Crippen LogP contribution is -2.30. The van der Waals surface area contributed by atoms with Gasteiger partial charge in [-0.25, -0.2) is 0 Å². The fourth-order valence-corrected chi connectivity index (χ4v) is 3.94. The fraction of sp³-hybridized carbons (Fsp3) is 0.571. The largest absolute Gasteiger partial charge is 0.497 e. The quantitative estimate of drug-likeness (QED) is 0.669. The van der Waals surface area contributed by atoms with Crippen LogP contribution in [0.3, 0.4) is 0 Å². The molecule has 4 heteroatoms. The Morgan fingerprint density at radius 1 is 1.17 bits per heavy atom. The van der Waals surface area contributed by atoms with Crippen molar-refractivity contribution in [2.75, 3.05) is 18.9 Å². The zero-order valence-electron chi connectivity index (χ0n) is 11.1. The summed E-state index contributed by atoms with van der Waals surface area (Å²) in [6.07, 6.45) is 0. The maximum Gasteiger partial charge on any atom is 0.118 e. The van der Waals surface area contributed by atoms with Crippen LogP contribution in [0.25, 0.3) is 0 Å². The second-order valence-corrected chi connectivity index (χ2v) is 6.99. The van der Waals surface area contributed by atoms with Crippen LogP contribution in [0.1, 0.15) is 19.4 Å². The third-order valence-corrected chi connectivity index (χ3v) is 5.43. The van der Waals surface area contributed by atoms with Crippen molar-refractivity contribution in [3.05, 3.63) is 29.8 Å².